The molecule has 0 unspecified atom stereocenters. The normalized spacial score (nSPS) is 11.8. The van der Waals surface area contributed by atoms with Crippen molar-refractivity contribution in [3.63, 3.8) is 0 Å². The molecule has 0 amide bonds. The number of hydrogen-bond acceptors (Lipinski definition) is 1. The summed E-state index contributed by atoms with van der Waals surface area (Å²) in [5.74, 6) is 0.783. The Hall–Kier alpha value is -0.820. The van der Waals surface area contributed by atoms with Crippen LogP contribution < -0.4 is 0 Å². The molecule has 18 heavy (non-hydrogen) atoms. The molecular weight excluding hydrogens is 218 g/mol. The Kier molecular flexibility index (Phi) is 6.42. The van der Waals surface area contributed by atoms with Gasteiger partial charge in [0.05, 0.1) is 0 Å². The lowest BCUT2D eigenvalue weighted by atomic mass is 9.98. The molecule has 1 rings (SSSR count). The van der Waals surface area contributed by atoms with Gasteiger partial charge in [-0.25, -0.2) is 0 Å². The molecule has 0 aliphatic rings. The summed E-state index contributed by atoms with van der Waals surface area (Å²) in [6.07, 6.45) is 2.49. The van der Waals surface area contributed by atoms with Crippen molar-refractivity contribution in [2.45, 2.75) is 60.0 Å². The highest BCUT2D eigenvalue weighted by Crippen LogP contribution is 2.17. The van der Waals surface area contributed by atoms with Crippen LogP contribution in [0.2, 0.25) is 0 Å². The average Bonchev–Trinajstić information content (AvgIpc) is 2.34. The van der Waals surface area contributed by atoms with Crippen LogP contribution in [0.15, 0.2) is 24.3 Å². The molecule has 0 spiro atoms. The molecule has 0 aliphatic carbocycles. The SMILES string of the molecule is CCN(Cc1ccccc1CCC(C)C)C(C)C. The van der Waals surface area contributed by atoms with Gasteiger partial charge in [-0.05, 0) is 50.3 Å². The van der Waals surface area contributed by atoms with E-state index in [1.165, 1.54) is 24.0 Å². The van der Waals surface area contributed by atoms with Crippen molar-refractivity contribution in [1.29, 1.82) is 0 Å². The highest BCUT2D eigenvalue weighted by molar-refractivity contribution is 5.27. The molecule has 1 heteroatoms. The second-order valence-corrected chi connectivity index (χ2v) is 5.86. The largest absolute Gasteiger partial charge is 0.297 e. The summed E-state index contributed by atoms with van der Waals surface area (Å²) in [6, 6.07) is 9.55. The predicted octanol–water partition coefficient (Wildman–Crippen LogP) is 4.51. The second kappa shape index (κ2) is 7.58. The van der Waals surface area contributed by atoms with Crippen molar-refractivity contribution < 1.29 is 0 Å². The molecule has 1 aromatic rings. The third-order valence-electron chi connectivity index (χ3n) is 3.62. The molecule has 0 radical (unpaired) electrons. The number of nitrogens with zero attached hydrogens (tertiary/aromatic N) is 1. The van der Waals surface area contributed by atoms with Gasteiger partial charge in [-0.3, -0.25) is 4.90 Å². The highest BCUT2D eigenvalue weighted by Gasteiger charge is 2.10. The summed E-state index contributed by atoms with van der Waals surface area (Å²) in [4.78, 5) is 2.52. The Bertz CT molecular complexity index is 341. The number of rotatable bonds is 7. The summed E-state index contributed by atoms with van der Waals surface area (Å²) >= 11 is 0. The van der Waals surface area contributed by atoms with Crippen molar-refractivity contribution in [3.8, 4) is 0 Å². The van der Waals surface area contributed by atoms with Crippen LogP contribution in [-0.2, 0) is 13.0 Å². The lowest BCUT2D eigenvalue weighted by Crippen LogP contribution is -2.30. The van der Waals surface area contributed by atoms with E-state index in [0.717, 1.165) is 19.0 Å². The van der Waals surface area contributed by atoms with Gasteiger partial charge < -0.3 is 0 Å². The van der Waals surface area contributed by atoms with E-state index < -0.39 is 0 Å². The van der Waals surface area contributed by atoms with E-state index in [-0.39, 0.29) is 0 Å². The molecule has 1 nitrogen and oxygen atoms in total. The minimum absolute atomic E-state index is 0.619. The van der Waals surface area contributed by atoms with Crippen molar-refractivity contribution in [1.82, 2.24) is 4.90 Å². The third-order valence-corrected chi connectivity index (χ3v) is 3.62. The van der Waals surface area contributed by atoms with Crippen LogP contribution >= 0.6 is 0 Å². The molecular formula is C17H29N. The van der Waals surface area contributed by atoms with Gasteiger partial charge in [-0.15, -0.1) is 0 Å². The first-order valence-corrected chi connectivity index (χ1v) is 7.35. The fourth-order valence-electron chi connectivity index (χ4n) is 2.28. The quantitative estimate of drug-likeness (QED) is 0.685. The molecule has 102 valence electrons. The molecule has 0 saturated carbocycles. The summed E-state index contributed by atoms with van der Waals surface area (Å²) in [7, 11) is 0. The second-order valence-electron chi connectivity index (χ2n) is 5.86. The van der Waals surface area contributed by atoms with E-state index in [1.807, 2.05) is 0 Å². The maximum Gasteiger partial charge on any atom is 0.0239 e. The summed E-state index contributed by atoms with van der Waals surface area (Å²) in [5, 5.41) is 0. The van der Waals surface area contributed by atoms with Crippen LogP contribution in [-0.4, -0.2) is 17.5 Å². The van der Waals surface area contributed by atoms with Gasteiger partial charge in [0, 0.05) is 12.6 Å². The molecule has 0 bridgehead atoms. The highest BCUT2D eigenvalue weighted by atomic mass is 15.1. The summed E-state index contributed by atoms with van der Waals surface area (Å²) < 4.78 is 0. The van der Waals surface area contributed by atoms with E-state index in [0.29, 0.717) is 6.04 Å². The van der Waals surface area contributed by atoms with Crippen LogP contribution in [0, 0.1) is 5.92 Å². The van der Waals surface area contributed by atoms with E-state index in [2.05, 4.69) is 63.8 Å². The van der Waals surface area contributed by atoms with Crippen LogP contribution in [0.3, 0.4) is 0 Å². The minimum Gasteiger partial charge on any atom is -0.297 e. The molecule has 0 N–H and O–H groups in total. The van der Waals surface area contributed by atoms with Crippen molar-refractivity contribution >= 4 is 0 Å². The molecule has 0 atom stereocenters. The lowest BCUT2D eigenvalue weighted by molar-refractivity contribution is 0.224. The van der Waals surface area contributed by atoms with Crippen LogP contribution in [0.25, 0.3) is 0 Å². The Morgan fingerprint density at radius 3 is 2.11 bits per heavy atom. The van der Waals surface area contributed by atoms with Crippen LogP contribution in [0.1, 0.15) is 52.2 Å². The fourth-order valence-corrected chi connectivity index (χ4v) is 2.28. The summed E-state index contributed by atoms with van der Waals surface area (Å²) in [6.45, 7) is 13.6. The molecule has 1 aromatic carbocycles. The van der Waals surface area contributed by atoms with Gasteiger partial charge >= 0.3 is 0 Å². The third kappa shape index (κ3) is 4.81. The lowest BCUT2D eigenvalue weighted by Gasteiger charge is -2.26. The molecule has 0 aliphatic heterocycles. The Labute approximate surface area is 113 Å². The minimum atomic E-state index is 0.619. The zero-order valence-corrected chi connectivity index (χ0v) is 12.7. The summed E-state index contributed by atoms with van der Waals surface area (Å²) in [5.41, 5.74) is 3.04. The molecule has 0 fully saturated rings. The van der Waals surface area contributed by atoms with Gasteiger partial charge in [0.2, 0.25) is 0 Å². The first-order valence-electron chi connectivity index (χ1n) is 7.35. The first-order chi connectivity index (χ1) is 8.54. The van der Waals surface area contributed by atoms with Crippen LogP contribution in [0.5, 0.6) is 0 Å². The van der Waals surface area contributed by atoms with E-state index in [4.69, 9.17) is 0 Å². The zero-order valence-electron chi connectivity index (χ0n) is 12.7. The van der Waals surface area contributed by atoms with Gasteiger partial charge in [-0.2, -0.15) is 0 Å². The molecule has 0 aromatic heterocycles. The van der Waals surface area contributed by atoms with Gasteiger partial charge in [0.1, 0.15) is 0 Å². The molecule has 0 saturated heterocycles. The monoisotopic (exact) mass is 247 g/mol. The van der Waals surface area contributed by atoms with Gasteiger partial charge in [0.25, 0.3) is 0 Å². The standard InChI is InChI=1S/C17H29N/c1-6-18(15(4)5)13-17-10-8-7-9-16(17)12-11-14(2)3/h7-10,14-15H,6,11-13H2,1-5H3. The maximum absolute atomic E-state index is 2.52. The molecule has 0 heterocycles. The van der Waals surface area contributed by atoms with E-state index >= 15 is 0 Å². The first kappa shape index (κ1) is 15.2. The van der Waals surface area contributed by atoms with Gasteiger partial charge in [0.15, 0.2) is 0 Å². The Balaban J connectivity index is 2.74. The Morgan fingerprint density at radius 1 is 1.00 bits per heavy atom. The Morgan fingerprint density at radius 2 is 1.61 bits per heavy atom. The topological polar surface area (TPSA) is 3.24 Å². The maximum atomic E-state index is 2.52. The smallest absolute Gasteiger partial charge is 0.0239 e. The van der Waals surface area contributed by atoms with E-state index in [9.17, 15) is 0 Å². The number of hydrogen-bond donors (Lipinski definition) is 0. The van der Waals surface area contributed by atoms with E-state index in [1.54, 1.807) is 0 Å². The van der Waals surface area contributed by atoms with Crippen molar-refractivity contribution in [2.24, 2.45) is 5.92 Å². The van der Waals surface area contributed by atoms with Crippen molar-refractivity contribution in [2.75, 3.05) is 6.54 Å². The fraction of sp³-hybridized carbons (Fsp3) is 0.647. The zero-order chi connectivity index (χ0) is 13.5. The predicted molar refractivity (Wildman–Crippen MR) is 80.8 cm³/mol. The van der Waals surface area contributed by atoms with Gasteiger partial charge in [-0.1, -0.05) is 45.0 Å². The average molecular weight is 247 g/mol. The van der Waals surface area contributed by atoms with Crippen LogP contribution in [0.4, 0.5) is 0 Å². The number of benzene rings is 1. The van der Waals surface area contributed by atoms with Crippen molar-refractivity contribution in [3.05, 3.63) is 35.4 Å². The number of aryl methyl sites for hydroxylation is 1.